The fraction of sp³-hybridized carbons (Fsp3) is 0.455. The summed E-state index contributed by atoms with van der Waals surface area (Å²) in [5, 5.41) is 0.360. The van der Waals surface area contributed by atoms with Crippen molar-refractivity contribution in [3.05, 3.63) is 29.8 Å². The van der Waals surface area contributed by atoms with Crippen molar-refractivity contribution in [2.45, 2.75) is 17.4 Å². The smallest absolute Gasteiger partial charge is 0.243 e. The second-order valence-corrected chi connectivity index (χ2v) is 6.16. The molecule has 0 saturated carbocycles. The third-order valence-corrected chi connectivity index (χ3v) is 4.70. The predicted molar refractivity (Wildman–Crippen MR) is 70.8 cm³/mol. The van der Waals surface area contributed by atoms with Crippen LogP contribution in [-0.4, -0.2) is 33.5 Å². The lowest BCUT2D eigenvalue weighted by Crippen LogP contribution is -2.37. The van der Waals surface area contributed by atoms with E-state index in [9.17, 15) is 17.2 Å². The molecule has 1 N–H and O–H groups in total. The minimum Gasteiger partial charge on any atom is -0.385 e. The first-order chi connectivity index (χ1) is 8.90. The van der Waals surface area contributed by atoms with E-state index >= 15 is 0 Å². The Kier molecular flexibility index (Phi) is 6.31. The number of alkyl halides is 1. The fourth-order valence-electron chi connectivity index (χ4n) is 1.40. The molecule has 0 bridgehead atoms. The summed E-state index contributed by atoms with van der Waals surface area (Å²) in [4.78, 5) is -0.572. The molecular formula is C11H14BrF2NO3S. The quantitative estimate of drug-likeness (QED) is 0.759. The summed E-state index contributed by atoms with van der Waals surface area (Å²) in [6.45, 7) is 0.366. The van der Waals surface area contributed by atoms with Gasteiger partial charge in [0.2, 0.25) is 10.0 Å². The maximum Gasteiger partial charge on any atom is 0.243 e. The molecule has 1 rings (SSSR count). The molecule has 19 heavy (non-hydrogen) atoms. The lowest BCUT2D eigenvalue weighted by atomic mass is 10.3. The lowest BCUT2D eigenvalue weighted by Gasteiger charge is -2.16. The Morgan fingerprint density at radius 2 is 2.11 bits per heavy atom. The van der Waals surface area contributed by atoms with Crippen LogP contribution in [0, 0.1) is 11.6 Å². The van der Waals surface area contributed by atoms with Crippen LogP contribution in [-0.2, 0) is 14.8 Å². The number of methoxy groups -OCH3 is 1. The van der Waals surface area contributed by atoms with Gasteiger partial charge in [0, 0.05) is 31.2 Å². The Labute approximate surface area is 119 Å². The second-order valence-electron chi connectivity index (χ2n) is 3.83. The van der Waals surface area contributed by atoms with E-state index in [1.54, 1.807) is 0 Å². The van der Waals surface area contributed by atoms with Crippen molar-refractivity contribution in [1.29, 1.82) is 0 Å². The van der Waals surface area contributed by atoms with Crippen molar-refractivity contribution in [1.82, 2.24) is 4.72 Å². The van der Waals surface area contributed by atoms with Crippen LogP contribution in [0.3, 0.4) is 0 Å². The van der Waals surface area contributed by atoms with Gasteiger partial charge in [-0.3, -0.25) is 0 Å². The Hall–Kier alpha value is -0.570. The van der Waals surface area contributed by atoms with Crippen molar-refractivity contribution in [3.8, 4) is 0 Å². The number of hydrogen-bond donors (Lipinski definition) is 1. The van der Waals surface area contributed by atoms with E-state index in [4.69, 9.17) is 4.74 Å². The number of rotatable bonds is 7. The first kappa shape index (κ1) is 16.5. The van der Waals surface area contributed by atoms with Crippen LogP contribution in [0.4, 0.5) is 8.78 Å². The Morgan fingerprint density at radius 3 is 2.63 bits per heavy atom. The number of sulfonamides is 1. The predicted octanol–water partition coefficient (Wildman–Crippen LogP) is 2.04. The summed E-state index contributed by atoms with van der Waals surface area (Å²) in [6.07, 6.45) is 0.434. The van der Waals surface area contributed by atoms with Crippen LogP contribution in [0.25, 0.3) is 0 Å². The van der Waals surface area contributed by atoms with Crippen LogP contribution in [0.2, 0.25) is 0 Å². The van der Waals surface area contributed by atoms with E-state index < -0.39 is 32.6 Å². The number of hydrogen-bond acceptors (Lipinski definition) is 3. The van der Waals surface area contributed by atoms with Crippen LogP contribution >= 0.6 is 15.9 Å². The van der Waals surface area contributed by atoms with Gasteiger partial charge in [-0.05, 0) is 18.6 Å². The second kappa shape index (κ2) is 7.28. The highest BCUT2D eigenvalue weighted by Crippen LogP contribution is 2.16. The maximum absolute atomic E-state index is 13.5. The van der Waals surface area contributed by atoms with E-state index in [1.165, 1.54) is 7.11 Å². The van der Waals surface area contributed by atoms with Crippen LogP contribution in [0.5, 0.6) is 0 Å². The van der Waals surface area contributed by atoms with Crippen molar-refractivity contribution in [3.63, 3.8) is 0 Å². The lowest BCUT2D eigenvalue weighted by molar-refractivity contribution is 0.188. The highest BCUT2D eigenvalue weighted by molar-refractivity contribution is 9.09. The minimum absolute atomic E-state index is 0.360. The van der Waals surface area contributed by atoms with E-state index in [-0.39, 0.29) is 0 Å². The number of nitrogens with one attached hydrogen (secondary N) is 1. The molecule has 1 aromatic carbocycles. The summed E-state index contributed by atoms with van der Waals surface area (Å²) in [6, 6.07) is 1.90. The fourth-order valence-corrected chi connectivity index (χ4v) is 3.43. The zero-order valence-corrected chi connectivity index (χ0v) is 12.6. The minimum atomic E-state index is -4.03. The largest absolute Gasteiger partial charge is 0.385 e. The molecule has 0 aliphatic carbocycles. The van der Waals surface area contributed by atoms with Gasteiger partial charge in [-0.15, -0.1) is 0 Å². The molecule has 0 fully saturated rings. The molecule has 0 aliphatic rings. The molecule has 0 aromatic heterocycles. The van der Waals surface area contributed by atoms with Gasteiger partial charge in [0.05, 0.1) is 0 Å². The van der Waals surface area contributed by atoms with E-state index in [1.807, 2.05) is 0 Å². The first-order valence-corrected chi connectivity index (χ1v) is 8.03. The topological polar surface area (TPSA) is 55.4 Å². The zero-order valence-electron chi connectivity index (χ0n) is 10.2. The molecule has 0 amide bonds. The third kappa shape index (κ3) is 4.79. The van der Waals surface area contributed by atoms with Gasteiger partial charge < -0.3 is 4.74 Å². The molecule has 1 unspecified atom stereocenters. The van der Waals surface area contributed by atoms with E-state index in [0.717, 1.165) is 12.1 Å². The Balaban J connectivity index is 2.90. The highest BCUT2D eigenvalue weighted by atomic mass is 79.9. The van der Waals surface area contributed by atoms with Crippen molar-refractivity contribution < 1.29 is 21.9 Å². The van der Waals surface area contributed by atoms with Crippen LogP contribution < -0.4 is 4.72 Å². The molecule has 1 aromatic rings. The number of ether oxygens (including phenoxy) is 1. The summed E-state index contributed by atoms with van der Waals surface area (Å²) >= 11 is 3.17. The summed E-state index contributed by atoms with van der Waals surface area (Å²) in [5.74, 6) is -1.94. The molecule has 0 spiro atoms. The molecule has 0 radical (unpaired) electrons. The molecule has 4 nitrogen and oxygen atoms in total. The van der Waals surface area contributed by atoms with Gasteiger partial charge in [0.15, 0.2) is 0 Å². The van der Waals surface area contributed by atoms with Gasteiger partial charge in [0.25, 0.3) is 0 Å². The molecule has 0 aliphatic heterocycles. The normalized spacial score (nSPS) is 13.5. The molecule has 0 heterocycles. The van der Waals surface area contributed by atoms with Gasteiger partial charge in [-0.2, -0.15) is 0 Å². The molecular weight excluding hydrogens is 344 g/mol. The van der Waals surface area contributed by atoms with Gasteiger partial charge in [0.1, 0.15) is 16.5 Å². The summed E-state index contributed by atoms with van der Waals surface area (Å²) < 4.78 is 57.3. The monoisotopic (exact) mass is 357 g/mol. The summed E-state index contributed by atoms with van der Waals surface area (Å²) in [5.41, 5.74) is 0. The maximum atomic E-state index is 13.5. The average molecular weight is 358 g/mol. The molecule has 8 heteroatoms. The summed E-state index contributed by atoms with van der Waals surface area (Å²) in [7, 11) is -2.53. The Bertz CT molecular complexity index is 525. The first-order valence-electron chi connectivity index (χ1n) is 5.43. The Morgan fingerprint density at radius 1 is 1.42 bits per heavy atom. The van der Waals surface area contributed by atoms with Gasteiger partial charge in [-0.25, -0.2) is 21.9 Å². The number of halogens is 3. The zero-order chi connectivity index (χ0) is 14.5. The third-order valence-electron chi connectivity index (χ3n) is 2.36. The average Bonchev–Trinajstić information content (AvgIpc) is 2.33. The van der Waals surface area contributed by atoms with E-state index in [2.05, 4.69) is 20.7 Å². The van der Waals surface area contributed by atoms with Crippen LogP contribution in [0.1, 0.15) is 6.42 Å². The standard InChI is InChI=1S/C11H14BrF2NO3S/c1-18-5-4-9(7-12)15-19(16,17)11-3-2-8(13)6-10(11)14/h2-3,6,9,15H,4-5,7H2,1H3. The number of benzene rings is 1. The highest BCUT2D eigenvalue weighted by Gasteiger charge is 2.23. The van der Waals surface area contributed by atoms with Crippen molar-refractivity contribution in [2.24, 2.45) is 0 Å². The van der Waals surface area contributed by atoms with Crippen molar-refractivity contribution in [2.75, 3.05) is 19.0 Å². The SMILES string of the molecule is COCCC(CBr)NS(=O)(=O)c1ccc(F)cc1F. The molecule has 0 saturated heterocycles. The molecule has 1 atom stereocenters. The van der Waals surface area contributed by atoms with Crippen LogP contribution in [0.15, 0.2) is 23.1 Å². The van der Waals surface area contributed by atoms with E-state index in [0.29, 0.717) is 24.4 Å². The van der Waals surface area contributed by atoms with Gasteiger partial charge >= 0.3 is 0 Å². The van der Waals surface area contributed by atoms with Gasteiger partial charge in [-0.1, -0.05) is 15.9 Å². The van der Waals surface area contributed by atoms with Crippen molar-refractivity contribution >= 4 is 26.0 Å². The molecule has 108 valence electrons.